The number of hydrogen-bond acceptors (Lipinski definition) is 3. The third kappa shape index (κ3) is 3.47. The van der Waals surface area contributed by atoms with Gasteiger partial charge in [0.2, 0.25) is 5.91 Å². The van der Waals surface area contributed by atoms with Crippen molar-refractivity contribution >= 4 is 11.9 Å². The highest BCUT2D eigenvalue weighted by Crippen LogP contribution is 2.21. The Kier molecular flexibility index (Phi) is 4.93. The topological polar surface area (TPSA) is 55.4 Å². The molecule has 0 radical (unpaired) electrons. The maximum Gasteiger partial charge on any atom is 0.333 e. The first-order valence-corrected chi connectivity index (χ1v) is 6.80. The van der Waals surface area contributed by atoms with Crippen LogP contribution in [0.1, 0.15) is 30.9 Å². The lowest BCUT2D eigenvalue weighted by atomic mass is 9.93. The fraction of sp³-hybridized carbons (Fsp3) is 0.375. The van der Waals surface area contributed by atoms with Crippen LogP contribution in [0.25, 0.3) is 0 Å². The minimum Gasteiger partial charge on any atom is -0.467 e. The molecule has 1 aliphatic rings. The Morgan fingerprint density at radius 1 is 1.25 bits per heavy atom. The van der Waals surface area contributed by atoms with Gasteiger partial charge >= 0.3 is 5.97 Å². The number of ether oxygens (including phenoxy) is 1. The average Bonchev–Trinajstić information content (AvgIpc) is 2.53. The summed E-state index contributed by atoms with van der Waals surface area (Å²) >= 11 is 0. The van der Waals surface area contributed by atoms with Crippen LogP contribution in [0.5, 0.6) is 0 Å². The molecule has 1 aromatic rings. The summed E-state index contributed by atoms with van der Waals surface area (Å²) in [4.78, 5) is 24.1. The summed E-state index contributed by atoms with van der Waals surface area (Å²) in [6, 6.07) is 8.41. The normalized spacial score (nSPS) is 19.1. The summed E-state index contributed by atoms with van der Waals surface area (Å²) in [7, 11) is 1.33. The van der Waals surface area contributed by atoms with Crippen LogP contribution >= 0.6 is 0 Å². The summed E-state index contributed by atoms with van der Waals surface area (Å²) in [5.74, 6) is -0.597. The molecule has 4 nitrogen and oxygen atoms in total. The standard InChI is InChI=1S/C16H19NO3/c1-20-16(19)14(12-8-4-2-5-9-12)17-15(18)13-10-6-3-7-11-13/h2-6,8-9,13-14H,7,10-11H2,1H3,(H,17,18). The number of methoxy groups -OCH3 is 1. The minimum atomic E-state index is -0.736. The molecule has 1 amide bonds. The first kappa shape index (κ1) is 14.3. The maximum atomic E-state index is 12.2. The molecular formula is C16H19NO3. The predicted octanol–water partition coefficient (Wildman–Crippen LogP) is 2.37. The average molecular weight is 273 g/mol. The number of nitrogens with one attached hydrogen (secondary N) is 1. The van der Waals surface area contributed by atoms with Crippen molar-refractivity contribution in [3.8, 4) is 0 Å². The Morgan fingerprint density at radius 3 is 2.60 bits per heavy atom. The largest absolute Gasteiger partial charge is 0.467 e. The van der Waals surface area contributed by atoms with E-state index in [0.29, 0.717) is 0 Å². The van der Waals surface area contributed by atoms with Crippen LogP contribution in [-0.4, -0.2) is 19.0 Å². The SMILES string of the molecule is COC(=O)C(NC(=O)C1CC=CCC1)c1ccccc1. The van der Waals surface area contributed by atoms with Crippen molar-refractivity contribution in [2.24, 2.45) is 5.92 Å². The number of allylic oxidation sites excluding steroid dienone is 2. The molecule has 1 N–H and O–H groups in total. The molecule has 0 spiro atoms. The molecular weight excluding hydrogens is 254 g/mol. The van der Waals surface area contributed by atoms with E-state index in [1.54, 1.807) is 0 Å². The lowest BCUT2D eigenvalue weighted by Gasteiger charge is -2.22. The number of rotatable bonds is 4. The molecule has 0 aliphatic heterocycles. The second-order valence-corrected chi connectivity index (χ2v) is 4.86. The van der Waals surface area contributed by atoms with Crippen LogP contribution in [0.2, 0.25) is 0 Å². The zero-order chi connectivity index (χ0) is 14.4. The van der Waals surface area contributed by atoms with Gasteiger partial charge in [0.25, 0.3) is 0 Å². The second-order valence-electron chi connectivity index (χ2n) is 4.86. The maximum absolute atomic E-state index is 12.2. The van der Waals surface area contributed by atoms with Gasteiger partial charge in [0.05, 0.1) is 7.11 Å². The fourth-order valence-electron chi connectivity index (χ4n) is 2.33. The third-order valence-corrected chi connectivity index (χ3v) is 3.50. The zero-order valence-corrected chi connectivity index (χ0v) is 11.5. The van der Waals surface area contributed by atoms with Crippen LogP contribution < -0.4 is 5.32 Å². The molecule has 0 saturated carbocycles. The summed E-state index contributed by atoms with van der Waals surface area (Å²) in [5, 5.41) is 2.81. The van der Waals surface area contributed by atoms with E-state index in [0.717, 1.165) is 24.8 Å². The first-order chi connectivity index (χ1) is 9.72. The molecule has 106 valence electrons. The Labute approximate surface area is 118 Å². The smallest absolute Gasteiger partial charge is 0.333 e. The Bertz CT molecular complexity index is 496. The van der Waals surface area contributed by atoms with Crippen molar-refractivity contribution < 1.29 is 14.3 Å². The van der Waals surface area contributed by atoms with Gasteiger partial charge in [-0.1, -0.05) is 42.5 Å². The van der Waals surface area contributed by atoms with E-state index in [2.05, 4.69) is 11.4 Å². The molecule has 0 fully saturated rings. The Balaban J connectivity index is 2.10. The van der Waals surface area contributed by atoms with E-state index in [1.807, 2.05) is 36.4 Å². The lowest BCUT2D eigenvalue weighted by molar-refractivity contribution is -0.145. The Hall–Kier alpha value is -2.10. The quantitative estimate of drug-likeness (QED) is 0.677. The predicted molar refractivity (Wildman–Crippen MR) is 75.8 cm³/mol. The summed E-state index contributed by atoms with van der Waals surface area (Å²) < 4.78 is 4.79. The van der Waals surface area contributed by atoms with Gasteiger partial charge in [0, 0.05) is 5.92 Å². The number of carbonyl (C=O) groups is 2. The van der Waals surface area contributed by atoms with Gasteiger partial charge < -0.3 is 10.1 Å². The van der Waals surface area contributed by atoms with Gasteiger partial charge in [0.1, 0.15) is 0 Å². The number of benzene rings is 1. The van der Waals surface area contributed by atoms with Gasteiger partial charge in [-0.3, -0.25) is 4.79 Å². The van der Waals surface area contributed by atoms with E-state index in [1.165, 1.54) is 7.11 Å². The van der Waals surface area contributed by atoms with E-state index >= 15 is 0 Å². The third-order valence-electron chi connectivity index (χ3n) is 3.50. The van der Waals surface area contributed by atoms with E-state index in [9.17, 15) is 9.59 Å². The van der Waals surface area contributed by atoms with Crippen LogP contribution in [0, 0.1) is 5.92 Å². The van der Waals surface area contributed by atoms with E-state index in [4.69, 9.17) is 4.74 Å². The molecule has 0 bridgehead atoms. The molecule has 0 saturated heterocycles. The van der Waals surface area contributed by atoms with Crippen molar-refractivity contribution in [2.45, 2.75) is 25.3 Å². The number of esters is 1. The van der Waals surface area contributed by atoms with Gasteiger partial charge in [-0.25, -0.2) is 4.79 Å². The summed E-state index contributed by atoms with van der Waals surface area (Å²) in [6.45, 7) is 0. The molecule has 4 heteroatoms. The molecule has 0 heterocycles. The zero-order valence-electron chi connectivity index (χ0n) is 11.5. The van der Waals surface area contributed by atoms with Crippen LogP contribution in [-0.2, 0) is 14.3 Å². The molecule has 20 heavy (non-hydrogen) atoms. The lowest BCUT2D eigenvalue weighted by Crippen LogP contribution is -2.38. The molecule has 2 atom stereocenters. The van der Waals surface area contributed by atoms with E-state index < -0.39 is 12.0 Å². The van der Waals surface area contributed by atoms with Crippen molar-refractivity contribution in [3.63, 3.8) is 0 Å². The van der Waals surface area contributed by atoms with E-state index in [-0.39, 0.29) is 11.8 Å². The van der Waals surface area contributed by atoms with Crippen molar-refractivity contribution in [1.82, 2.24) is 5.32 Å². The molecule has 1 aliphatic carbocycles. The molecule has 0 aromatic heterocycles. The van der Waals surface area contributed by atoms with Crippen LogP contribution in [0.3, 0.4) is 0 Å². The highest BCUT2D eigenvalue weighted by Gasteiger charge is 2.27. The van der Waals surface area contributed by atoms with Gasteiger partial charge in [-0.05, 0) is 24.8 Å². The number of hydrogen-bond donors (Lipinski definition) is 1. The van der Waals surface area contributed by atoms with Crippen molar-refractivity contribution in [1.29, 1.82) is 0 Å². The van der Waals surface area contributed by atoms with Gasteiger partial charge in [-0.2, -0.15) is 0 Å². The van der Waals surface area contributed by atoms with Crippen LogP contribution in [0.15, 0.2) is 42.5 Å². The molecule has 2 unspecified atom stereocenters. The monoisotopic (exact) mass is 273 g/mol. The highest BCUT2D eigenvalue weighted by atomic mass is 16.5. The van der Waals surface area contributed by atoms with Crippen LogP contribution in [0.4, 0.5) is 0 Å². The number of carbonyl (C=O) groups excluding carboxylic acids is 2. The van der Waals surface area contributed by atoms with Gasteiger partial charge in [0.15, 0.2) is 6.04 Å². The summed E-state index contributed by atoms with van der Waals surface area (Å²) in [5.41, 5.74) is 0.735. The number of amides is 1. The first-order valence-electron chi connectivity index (χ1n) is 6.80. The summed E-state index contributed by atoms with van der Waals surface area (Å²) in [6.07, 6.45) is 6.56. The fourth-order valence-corrected chi connectivity index (χ4v) is 2.33. The van der Waals surface area contributed by atoms with Crippen molar-refractivity contribution in [2.75, 3.05) is 7.11 Å². The Morgan fingerprint density at radius 2 is 2.00 bits per heavy atom. The minimum absolute atomic E-state index is 0.0594. The van der Waals surface area contributed by atoms with Gasteiger partial charge in [-0.15, -0.1) is 0 Å². The van der Waals surface area contributed by atoms with Crippen molar-refractivity contribution in [3.05, 3.63) is 48.0 Å². The molecule has 1 aromatic carbocycles. The second kappa shape index (κ2) is 6.89. The highest BCUT2D eigenvalue weighted by molar-refractivity contribution is 5.86. The molecule has 2 rings (SSSR count).